The molecule has 4 aromatic rings. The molecule has 0 unspecified atom stereocenters. The summed E-state index contributed by atoms with van der Waals surface area (Å²) < 4.78 is 6.03. The van der Waals surface area contributed by atoms with E-state index in [1.807, 2.05) is 6.07 Å². The molecule has 0 saturated carbocycles. The number of aryl methyl sites for hydroxylation is 3. The molecule has 2 nitrogen and oxygen atoms in total. The van der Waals surface area contributed by atoms with Gasteiger partial charge in [-0.1, -0.05) is 60.7 Å². The van der Waals surface area contributed by atoms with Crippen LogP contribution in [0.4, 0.5) is 0 Å². The number of hydrogen-bond donors (Lipinski definition) is 0. The zero-order valence-corrected chi connectivity index (χ0v) is 18.0. The number of hydrogen-bond acceptors (Lipinski definition) is 3. The molecule has 0 saturated heterocycles. The van der Waals surface area contributed by atoms with E-state index in [2.05, 4.69) is 73.7 Å². The van der Waals surface area contributed by atoms with Gasteiger partial charge in [0.25, 0.3) is 0 Å². The molecule has 3 heteroatoms. The van der Waals surface area contributed by atoms with Crippen molar-refractivity contribution in [1.29, 1.82) is 0 Å². The first-order chi connectivity index (χ1) is 14.8. The smallest absolute Gasteiger partial charge is 0.123 e. The lowest BCUT2D eigenvalue weighted by Gasteiger charge is -2.07. The van der Waals surface area contributed by atoms with E-state index in [0.29, 0.717) is 6.61 Å². The summed E-state index contributed by atoms with van der Waals surface area (Å²) in [5, 5.41) is 1.08. The highest BCUT2D eigenvalue weighted by atomic mass is 32.1. The molecule has 3 aromatic carbocycles. The van der Waals surface area contributed by atoms with E-state index >= 15 is 0 Å². The predicted octanol–water partition coefficient (Wildman–Crippen LogP) is 6.90. The van der Waals surface area contributed by atoms with Crippen LogP contribution in [-0.4, -0.2) is 11.6 Å². The van der Waals surface area contributed by atoms with Gasteiger partial charge in [0, 0.05) is 16.9 Å². The van der Waals surface area contributed by atoms with Crippen LogP contribution in [0.1, 0.15) is 28.1 Å². The molecule has 5 rings (SSSR count). The van der Waals surface area contributed by atoms with Gasteiger partial charge in [-0.25, -0.2) is 4.98 Å². The topological polar surface area (TPSA) is 22.1 Å². The minimum atomic E-state index is 0.662. The lowest BCUT2D eigenvalue weighted by atomic mass is 10.0. The van der Waals surface area contributed by atoms with Crippen molar-refractivity contribution < 1.29 is 4.74 Å². The monoisotopic (exact) mass is 411 g/mol. The maximum atomic E-state index is 6.03. The van der Waals surface area contributed by atoms with E-state index < -0.39 is 0 Å². The largest absolute Gasteiger partial charge is 0.493 e. The SMILES string of the molecule is Cc1sc(-c2ccc(-c3ccccc3)cc2)nc1CCOc1ccc2c(c1)CCC2. The Morgan fingerprint density at radius 2 is 1.57 bits per heavy atom. The molecule has 1 heterocycles. The van der Waals surface area contributed by atoms with Gasteiger partial charge in [0.15, 0.2) is 0 Å². The van der Waals surface area contributed by atoms with E-state index in [9.17, 15) is 0 Å². The van der Waals surface area contributed by atoms with Crippen LogP contribution in [0.5, 0.6) is 5.75 Å². The Bertz CT molecular complexity index is 1150. The average molecular weight is 412 g/mol. The number of thiazole rings is 1. The zero-order valence-electron chi connectivity index (χ0n) is 17.2. The van der Waals surface area contributed by atoms with Crippen molar-refractivity contribution in [3.05, 3.63) is 94.5 Å². The van der Waals surface area contributed by atoms with Gasteiger partial charge < -0.3 is 4.74 Å². The number of aromatic nitrogens is 1. The highest BCUT2D eigenvalue weighted by Gasteiger charge is 2.12. The van der Waals surface area contributed by atoms with E-state index in [0.717, 1.165) is 22.9 Å². The van der Waals surface area contributed by atoms with Gasteiger partial charge in [0.2, 0.25) is 0 Å². The Labute approximate surface area is 182 Å². The first-order valence-electron chi connectivity index (χ1n) is 10.6. The summed E-state index contributed by atoms with van der Waals surface area (Å²) in [6.07, 6.45) is 4.50. The molecular weight excluding hydrogens is 386 g/mol. The summed E-state index contributed by atoms with van der Waals surface area (Å²) in [6.45, 7) is 2.82. The van der Waals surface area contributed by atoms with Crippen LogP contribution in [0.3, 0.4) is 0 Å². The Morgan fingerprint density at radius 1 is 0.833 bits per heavy atom. The Balaban J connectivity index is 1.24. The summed E-state index contributed by atoms with van der Waals surface area (Å²) in [5.41, 5.74) is 7.73. The van der Waals surface area contributed by atoms with Gasteiger partial charge in [-0.3, -0.25) is 0 Å². The van der Waals surface area contributed by atoms with Crippen LogP contribution in [0.25, 0.3) is 21.7 Å². The van der Waals surface area contributed by atoms with Crippen molar-refractivity contribution in [3.63, 3.8) is 0 Å². The van der Waals surface area contributed by atoms with Crippen LogP contribution in [0.15, 0.2) is 72.8 Å². The molecule has 1 aromatic heterocycles. The van der Waals surface area contributed by atoms with Crippen molar-refractivity contribution in [2.24, 2.45) is 0 Å². The van der Waals surface area contributed by atoms with E-state index in [-0.39, 0.29) is 0 Å². The number of rotatable bonds is 6. The molecule has 0 atom stereocenters. The fraction of sp³-hybridized carbons (Fsp3) is 0.222. The van der Waals surface area contributed by atoms with Crippen LogP contribution < -0.4 is 4.74 Å². The van der Waals surface area contributed by atoms with Crippen molar-refractivity contribution in [3.8, 4) is 27.4 Å². The molecule has 0 aliphatic heterocycles. The van der Waals surface area contributed by atoms with Gasteiger partial charge in [-0.05, 0) is 60.6 Å². The van der Waals surface area contributed by atoms with Gasteiger partial charge >= 0.3 is 0 Å². The molecule has 30 heavy (non-hydrogen) atoms. The third-order valence-electron chi connectivity index (χ3n) is 5.81. The predicted molar refractivity (Wildman–Crippen MR) is 125 cm³/mol. The number of benzene rings is 3. The first kappa shape index (κ1) is 19.1. The first-order valence-corrected chi connectivity index (χ1v) is 11.4. The van der Waals surface area contributed by atoms with Crippen LogP contribution in [0.2, 0.25) is 0 Å². The maximum absolute atomic E-state index is 6.03. The Kier molecular flexibility index (Phi) is 5.37. The van der Waals surface area contributed by atoms with Crippen LogP contribution in [0, 0.1) is 6.92 Å². The highest BCUT2D eigenvalue weighted by molar-refractivity contribution is 7.15. The summed E-state index contributed by atoms with van der Waals surface area (Å²) in [7, 11) is 0. The molecule has 1 aliphatic carbocycles. The molecule has 0 bridgehead atoms. The zero-order chi connectivity index (χ0) is 20.3. The fourth-order valence-corrected chi connectivity index (χ4v) is 5.09. The Hall–Kier alpha value is -2.91. The molecule has 0 spiro atoms. The summed E-state index contributed by atoms with van der Waals surface area (Å²) >= 11 is 1.77. The normalized spacial score (nSPS) is 12.7. The van der Waals surface area contributed by atoms with Crippen molar-refractivity contribution in [2.45, 2.75) is 32.6 Å². The molecule has 150 valence electrons. The van der Waals surface area contributed by atoms with Crippen molar-refractivity contribution in [1.82, 2.24) is 4.98 Å². The molecular formula is C27H25NOS. The molecule has 0 amide bonds. The third kappa shape index (κ3) is 4.03. The van der Waals surface area contributed by atoms with Crippen LogP contribution >= 0.6 is 11.3 Å². The molecule has 1 aliphatic rings. The Morgan fingerprint density at radius 3 is 2.40 bits per heavy atom. The summed E-state index contributed by atoms with van der Waals surface area (Å²) in [4.78, 5) is 6.18. The minimum Gasteiger partial charge on any atom is -0.493 e. The lowest BCUT2D eigenvalue weighted by molar-refractivity contribution is 0.320. The van der Waals surface area contributed by atoms with Crippen molar-refractivity contribution in [2.75, 3.05) is 6.61 Å². The van der Waals surface area contributed by atoms with E-state index in [1.165, 1.54) is 52.0 Å². The van der Waals surface area contributed by atoms with Gasteiger partial charge in [0.05, 0.1) is 12.3 Å². The highest BCUT2D eigenvalue weighted by Crippen LogP contribution is 2.30. The minimum absolute atomic E-state index is 0.662. The average Bonchev–Trinajstić information content (AvgIpc) is 3.41. The summed E-state index contributed by atoms with van der Waals surface area (Å²) in [5.74, 6) is 0.986. The maximum Gasteiger partial charge on any atom is 0.123 e. The standard InChI is InChI=1S/C27H25NOS/c1-19-26(16-17-29-25-15-14-21-8-5-9-24(21)18-25)28-27(30-19)23-12-10-22(11-13-23)20-6-3-2-4-7-20/h2-4,6-7,10-15,18H,5,8-9,16-17H2,1H3. The van der Waals surface area contributed by atoms with Gasteiger partial charge in [0.1, 0.15) is 10.8 Å². The lowest BCUT2D eigenvalue weighted by Crippen LogP contribution is -2.03. The van der Waals surface area contributed by atoms with Gasteiger partial charge in [-0.2, -0.15) is 0 Å². The summed E-state index contributed by atoms with van der Waals surface area (Å²) in [6, 6.07) is 25.7. The van der Waals surface area contributed by atoms with Gasteiger partial charge in [-0.15, -0.1) is 11.3 Å². The quantitative estimate of drug-likeness (QED) is 0.344. The molecule has 0 radical (unpaired) electrons. The number of fused-ring (bicyclic) bond motifs is 1. The van der Waals surface area contributed by atoms with E-state index in [4.69, 9.17) is 9.72 Å². The second-order valence-corrected chi connectivity index (χ2v) is 9.05. The van der Waals surface area contributed by atoms with E-state index in [1.54, 1.807) is 11.3 Å². The number of nitrogens with zero attached hydrogens (tertiary/aromatic N) is 1. The fourth-order valence-electron chi connectivity index (χ4n) is 4.12. The molecule has 0 N–H and O–H groups in total. The van der Waals surface area contributed by atoms with Crippen molar-refractivity contribution >= 4 is 11.3 Å². The molecule has 0 fully saturated rings. The van der Waals surface area contributed by atoms with Crippen LogP contribution in [-0.2, 0) is 19.3 Å². The second-order valence-electron chi connectivity index (χ2n) is 7.85. The second kappa shape index (κ2) is 8.45. The third-order valence-corrected chi connectivity index (χ3v) is 6.87. The number of ether oxygens (including phenoxy) is 1.